The lowest BCUT2D eigenvalue weighted by molar-refractivity contribution is 0.295. The van der Waals surface area contributed by atoms with E-state index >= 15 is 0 Å². The van der Waals surface area contributed by atoms with E-state index in [1.807, 2.05) is 13.1 Å². The van der Waals surface area contributed by atoms with Crippen molar-refractivity contribution in [3.05, 3.63) is 53.5 Å². The summed E-state index contributed by atoms with van der Waals surface area (Å²) >= 11 is 0. The maximum absolute atomic E-state index is 8.98. The van der Waals surface area contributed by atoms with Gasteiger partial charge in [0.1, 0.15) is 36.3 Å². The Hall–Kier alpha value is -3.76. The summed E-state index contributed by atoms with van der Waals surface area (Å²) in [4.78, 5) is 0. The Morgan fingerprint density at radius 3 is 2.35 bits per heavy atom. The van der Waals surface area contributed by atoms with Crippen LogP contribution in [0.2, 0.25) is 0 Å². The minimum Gasteiger partial charge on any atom is -0.487 e. The highest BCUT2D eigenvalue weighted by atomic mass is 16.5. The Morgan fingerprint density at radius 1 is 1.13 bits per heavy atom. The number of rotatable bonds is 5. The standard InChI is InChI=1S/C16H12N6O/c1-22-14(6-7-20-22)11-23-15-4-2-13(3-5-15)21-16(10-19)12(8-17)9-18/h2-7,21H,11H2,1H3. The minimum absolute atomic E-state index is 0.0847. The third kappa shape index (κ3) is 3.87. The zero-order valence-electron chi connectivity index (χ0n) is 12.3. The normalized spacial score (nSPS) is 9.13. The molecule has 0 bridgehead atoms. The third-order valence-electron chi connectivity index (χ3n) is 3.02. The van der Waals surface area contributed by atoms with Crippen molar-refractivity contribution in [1.82, 2.24) is 9.78 Å². The number of aryl methyl sites for hydroxylation is 1. The number of ether oxygens (including phenoxy) is 1. The molecule has 0 aliphatic heterocycles. The zero-order chi connectivity index (χ0) is 16.7. The number of aromatic nitrogens is 2. The highest BCUT2D eigenvalue weighted by molar-refractivity contribution is 5.58. The molecular weight excluding hydrogens is 292 g/mol. The molecule has 0 radical (unpaired) electrons. The molecular formula is C16H12N6O. The van der Waals surface area contributed by atoms with E-state index in [-0.39, 0.29) is 11.3 Å². The average molecular weight is 304 g/mol. The maximum atomic E-state index is 8.98. The van der Waals surface area contributed by atoms with Gasteiger partial charge >= 0.3 is 0 Å². The molecule has 1 aromatic heterocycles. The van der Waals surface area contributed by atoms with E-state index in [0.29, 0.717) is 18.0 Å². The van der Waals surface area contributed by atoms with Crippen molar-refractivity contribution in [2.45, 2.75) is 6.61 Å². The smallest absolute Gasteiger partial charge is 0.163 e. The van der Waals surface area contributed by atoms with E-state index in [1.165, 1.54) is 0 Å². The van der Waals surface area contributed by atoms with Gasteiger partial charge in [-0.3, -0.25) is 4.68 Å². The Bertz CT molecular complexity index is 826. The van der Waals surface area contributed by atoms with Gasteiger partial charge in [-0.2, -0.15) is 20.9 Å². The fourth-order valence-electron chi connectivity index (χ4n) is 1.76. The molecule has 7 nitrogen and oxygen atoms in total. The van der Waals surface area contributed by atoms with Crippen molar-refractivity contribution in [2.75, 3.05) is 5.32 Å². The molecule has 0 spiro atoms. The molecule has 0 fully saturated rings. The number of hydrogen-bond donors (Lipinski definition) is 1. The molecule has 1 aromatic carbocycles. The fraction of sp³-hybridized carbons (Fsp3) is 0.125. The van der Waals surface area contributed by atoms with Gasteiger partial charge in [-0.05, 0) is 30.3 Å². The van der Waals surface area contributed by atoms with Crippen LogP contribution < -0.4 is 10.1 Å². The quantitative estimate of drug-likeness (QED) is 0.848. The molecule has 1 heterocycles. The largest absolute Gasteiger partial charge is 0.487 e. The molecule has 0 atom stereocenters. The third-order valence-corrected chi connectivity index (χ3v) is 3.02. The van der Waals surface area contributed by atoms with Gasteiger partial charge in [-0.25, -0.2) is 0 Å². The second-order valence-electron chi connectivity index (χ2n) is 4.47. The molecule has 1 N–H and O–H groups in total. The van der Waals surface area contributed by atoms with Gasteiger partial charge in [0.15, 0.2) is 5.57 Å². The first-order valence-electron chi connectivity index (χ1n) is 6.59. The SMILES string of the molecule is Cn1nccc1COc1ccc(NC(C#N)=C(C#N)C#N)cc1. The number of anilines is 1. The molecule has 112 valence electrons. The van der Waals surface area contributed by atoms with Crippen LogP contribution in [0.15, 0.2) is 47.8 Å². The average Bonchev–Trinajstić information content (AvgIpc) is 2.99. The van der Waals surface area contributed by atoms with Gasteiger partial charge < -0.3 is 10.1 Å². The summed E-state index contributed by atoms with van der Waals surface area (Å²) in [7, 11) is 1.84. The summed E-state index contributed by atoms with van der Waals surface area (Å²) in [5.41, 5.74) is 1.18. The van der Waals surface area contributed by atoms with Crippen LogP contribution in [0.1, 0.15) is 5.69 Å². The number of allylic oxidation sites excluding steroid dienone is 2. The van der Waals surface area contributed by atoms with E-state index in [2.05, 4.69) is 10.4 Å². The predicted octanol–water partition coefficient (Wildman–Crippen LogP) is 2.24. The van der Waals surface area contributed by atoms with E-state index in [0.717, 1.165) is 5.69 Å². The van der Waals surface area contributed by atoms with Gasteiger partial charge in [0.2, 0.25) is 0 Å². The van der Waals surface area contributed by atoms with Crippen molar-refractivity contribution >= 4 is 5.69 Å². The van der Waals surface area contributed by atoms with Crippen molar-refractivity contribution in [3.63, 3.8) is 0 Å². The lowest BCUT2D eigenvalue weighted by atomic mass is 10.2. The topological polar surface area (TPSA) is 110 Å². The first-order valence-corrected chi connectivity index (χ1v) is 6.59. The van der Waals surface area contributed by atoms with Gasteiger partial charge in [0, 0.05) is 18.9 Å². The minimum atomic E-state index is -0.260. The number of benzene rings is 1. The van der Waals surface area contributed by atoms with E-state index in [4.69, 9.17) is 20.5 Å². The second-order valence-corrected chi connectivity index (χ2v) is 4.47. The summed E-state index contributed by atoms with van der Waals surface area (Å²) in [5, 5.41) is 33.3. The molecule has 0 aliphatic carbocycles. The van der Waals surface area contributed by atoms with Crippen LogP contribution in [0.25, 0.3) is 0 Å². The Morgan fingerprint density at radius 2 is 1.83 bits per heavy atom. The van der Waals surface area contributed by atoms with E-state index in [1.54, 1.807) is 53.4 Å². The second kappa shape index (κ2) is 7.31. The zero-order valence-corrected chi connectivity index (χ0v) is 12.3. The van der Waals surface area contributed by atoms with E-state index in [9.17, 15) is 0 Å². The lowest BCUT2D eigenvalue weighted by Gasteiger charge is -2.08. The van der Waals surface area contributed by atoms with Crippen LogP contribution in [0, 0.1) is 34.0 Å². The van der Waals surface area contributed by atoms with Crippen molar-refractivity contribution in [2.24, 2.45) is 7.05 Å². The highest BCUT2D eigenvalue weighted by Crippen LogP contribution is 2.18. The van der Waals surface area contributed by atoms with Crippen LogP contribution in [0.3, 0.4) is 0 Å². The number of nitriles is 3. The molecule has 0 saturated carbocycles. The molecule has 7 heteroatoms. The molecule has 0 saturated heterocycles. The van der Waals surface area contributed by atoms with Crippen molar-refractivity contribution in [1.29, 1.82) is 15.8 Å². The first kappa shape index (κ1) is 15.6. The van der Waals surface area contributed by atoms with Crippen LogP contribution in [0.4, 0.5) is 5.69 Å². The van der Waals surface area contributed by atoms with Crippen LogP contribution in [0.5, 0.6) is 5.75 Å². The predicted molar refractivity (Wildman–Crippen MR) is 81.5 cm³/mol. The Kier molecular flexibility index (Phi) is 4.96. The van der Waals surface area contributed by atoms with Gasteiger partial charge in [-0.15, -0.1) is 0 Å². The van der Waals surface area contributed by atoms with Gasteiger partial charge in [0.05, 0.1) is 5.69 Å². The highest BCUT2D eigenvalue weighted by Gasteiger charge is 2.06. The lowest BCUT2D eigenvalue weighted by Crippen LogP contribution is -2.03. The summed E-state index contributed by atoms with van der Waals surface area (Å²) in [6, 6.07) is 13.9. The molecule has 2 aromatic rings. The van der Waals surface area contributed by atoms with E-state index < -0.39 is 0 Å². The molecule has 2 rings (SSSR count). The number of nitrogens with one attached hydrogen (secondary N) is 1. The number of nitrogens with zero attached hydrogens (tertiary/aromatic N) is 5. The molecule has 23 heavy (non-hydrogen) atoms. The van der Waals surface area contributed by atoms with Crippen molar-refractivity contribution in [3.8, 4) is 24.0 Å². The molecule has 0 amide bonds. The summed E-state index contributed by atoms with van der Waals surface area (Å²) < 4.78 is 7.36. The van der Waals surface area contributed by atoms with Crippen molar-refractivity contribution < 1.29 is 4.74 Å². The Labute approximate surface area is 133 Å². The first-order chi connectivity index (χ1) is 11.2. The summed E-state index contributed by atoms with van der Waals surface area (Å²) in [6.07, 6.45) is 1.70. The number of hydrogen-bond acceptors (Lipinski definition) is 6. The van der Waals surface area contributed by atoms with Gasteiger partial charge in [-0.1, -0.05) is 0 Å². The summed E-state index contributed by atoms with van der Waals surface area (Å²) in [5.74, 6) is 0.653. The molecule has 0 aliphatic rings. The fourth-order valence-corrected chi connectivity index (χ4v) is 1.76. The summed E-state index contributed by atoms with van der Waals surface area (Å²) in [6.45, 7) is 0.389. The van der Waals surface area contributed by atoms with Crippen LogP contribution in [-0.2, 0) is 13.7 Å². The maximum Gasteiger partial charge on any atom is 0.163 e. The Balaban J connectivity index is 2.04. The van der Waals surface area contributed by atoms with Crippen LogP contribution in [-0.4, -0.2) is 9.78 Å². The monoisotopic (exact) mass is 304 g/mol. The van der Waals surface area contributed by atoms with Crippen LogP contribution >= 0.6 is 0 Å². The molecule has 0 unspecified atom stereocenters. The van der Waals surface area contributed by atoms with Gasteiger partial charge in [0.25, 0.3) is 0 Å².